The molecule has 2 unspecified atom stereocenters. The van der Waals surface area contributed by atoms with Crippen LogP contribution in [-0.4, -0.2) is 55.4 Å². The van der Waals surface area contributed by atoms with Gasteiger partial charge in [-0.05, 0) is 38.8 Å². The van der Waals surface area contributed by atoms with Crippen molar-refractivity contribution in [1.82, 2.24) is 14.6 Å². The molecule has 1 aromatic carbocycles. The van der Waals surface area contributed by atoms with E-state index < -0.39 is 22.2 Å². The van der Waals surface area contributed by atoms with Crippen LogP contribution in [0.15, 0.2) is 48.5 Å². The molecular formula is C22H29N3O4S. The fourth-order valence-electron chi connectivity index (χ4n) is 3.80. The van der Waals surface area contributed by atoms with Crippen LogP contribution < -0.4 is 4.72 Å². The lowest BCUT2D eigenvalue weighted by Crippen LogP contribution is -2.58. The molecule has 8 heteroatoms. The van der Waals surface area contributed by atoms with Gasteiger partial charge in [0.1, 0.15) is 0 Å². The zero-order valence-electron chi connectivity index (χ0n) is 17.6. The second-order valence-corrected chi connectivity index (χ2v) is 9.70. The van der Waals surface area contributed by atoms with Gasteiger partial charge in [-0.25, -0.2) is 17.9 Å². The van der Waals surface area contributed by atoms with E-state index in [1.807, 2.05) is 48.5 Å². The summed E-state index contributed by atoms with van der Waals surface area (Å²) in [6.45, 7) is 4.12. The Morgan fingerprint density at radius 2 is 1.93 bits per heavy atom. The Bertz CT molecular complexity index is 963. The first-order valence-electron chi connectivity index (χ1n) is 10.2. The van der Waals surface area contributed by atoms with Crippen molar-refractivity contribution in [2.45, 2.75) is 51.3 Å². The van der Waals surface area contributed by atoms with Crippen molar-refractivity contribution in [3.8, 4) is 11.3 Å². The predicted octanol–water partition coefficient (Wildman–Crippen LogP) is 3.22. The number of nitrogens with zero attached hydrogens (tertiary/aromatic N) is 2. The number of carbonyl (C=O) groups is 1. The Kier molecular flexibility index (Phi) is 7.10. The number of pyridine rings is 1. The van der Waals surface area contributed by atoms with E-state index in [4.69, 9.17) is 9.72 Å². The smallest absolute Gasteiger partial charge is 0.410 e. The lowest BCUT2D eigenvalue weighted by Gasteiger charge is -2.40. The fourth-order valence-corrected chi connectivity index (χ4v) is 4.62. The Balaban J connectivity index is 1.89. The standard InChI is InChI=1S/C22H29N3O4S/c1-16(2)29-22(26)25-14-8-13-20(24-30(3,27)28)21(25)15-18-11-7-12-19(23-18)17-9-5-4-6-10-17/h4-7,9-12,16,20-21,24H,8,13-15H2,1-3H3. The monoisotopic (exact) mass is 431 g/mol. The van der Waals surface area contributed by atoms with Crippen LogP contribution in [0.4, 0.5) is 4.79 Å². The number of ether oxygens (including phenoxy) is 1. The molecule has 2 heterocycles. The van der Waals surface area contributed by atoms with Crippen LogP contribution in [-0.2, 0) is 21.2 Å². The van der Waals surface area contributed by atoms with E-state index in [2.05, 4.69) is 4.72 Å². The van der Waals surface area contributed by atoms with Crippen molar-refractivity contribution < 1.29 is 17.9 Å². The van der Waals surface area contributed by atoms with Crippen LogP contribution in [0.5, 0.6) is 0 Å². The minimum Gasteiger partial charge on any atom is -0.447 e. The Hall–Kier alpha value is -2.45. The summed E-state index contributed by atoms with van der Waals surface area (Å²) in [5.41, 5.74) is 2.64. The summed E-state index contributed by atoms with van der Waals surface area (Å²) in [7, 11) is -3.42. The Labute approximate surface area is 178 Å². The maximum absolute atomic E-state index is 12.7. The van der Waals surface area contributed by atoms with Gasteiger partial charge in [0, 0.05) is 30.3 Å². The summed E-state index contributed by atoms with van der Waals surface area (Å²) in [5, 5.41) is 0. The molecule has 1 amide bonds. The molecule has 2 atom stereocenters. The second-order valence-electron chi connectivity index (χ2n) is 7.92. The number of amides is 1. The number of benzene rings is 1. The number of hydrogen-bond acceptors (Lipinski definition) is 5. The molecular weight excluding hydrogens is 402 g/mol. The van der Waals surface area contributed by atoms with E-state index in [9.17, 15) is 13.2 Å². The molecule has 7 nitrogen and oxygen atoms in total. The van der Waals surface area contributed by atoms with E-state index in [0.29, 0.717) is 25.8 Å². The molecule has 3 rings (SSSR count). The molecule has 1 aliphatic heterocycles. The van der Waals surface area contributed by atoms with Crippen molar-refractivity contribution in [3.05, 3.63) is 54.2 Å². The molecule has 0 radical (unpaired) electrons. The van der Waals surface area contributed by atoms with Crippen molar-refractivity contribution in [3.63, 3.8) is 0 Å². The average molecular weight is 432 g/mol. The quantitative estimate of drug-likeness (QED) is 0.759. The largest absolute Gasteiger partial charge is 0.447 e. The van der Waals surface area contributed by atoms with Crippen LogP contribution in [0.2, 0.25) is 0 Å². The SMILES string of the molecule is CC(C)OC(=O)N1CCCC(NS(C)(=O)=O)C1Cc1cccc(-c2ccccc2)n1. The van der Waals surface area contributed by atoms with Crippen LogP contribution >= 0.6 is 0 Å². The normalized spacial score (nSPS) is 19.7. The highest BCUT2D eigenvalue weighted by atomic mass is 32.2. The number of sulfonamides is 1. The second kappa shape index (κ2) is 9.57. The molecule has 1 aliphatic rings. The molecule has 1 N–H and O–H groups in total. The minimum absolute atomic E-state index is 0.249. The first-order valence-corrected chi connectivity index (χ1v) is 12.1. The number of nitrogens with one attached hydrogen (secondary N) is 1. The third-order valence-corrected chi connectivity index (χ3v) is 5.74. The third-order valence-electron chi connectivity index (χ3n) is 5.01. The highest BCUT2D eigenvalue weighted by molar-refractivity contribution is 7.88. The van der Waals surface area contributed by atoms with Gasteiger partial charge in [0.15, 0.2) is 0 Å². The summed E-state index contributed by atoms with van der Waals surface area (Å²) in [5.74, 6) is 0. The van der Waals surface area contributed by atoms with Gasteiger partial charge in [-0.1, -0.05) is 36.4 Å². The number of aromatic nitrogens is 1. The lowest BCUT2D eigenvalue weighted by molar-refractivity contribution is 0.0459. The number of carbonyl (C=O) groups excluding carboxylic acids is 1. The van der Waals surface area contributed by atoms with Gasteiger partial charge in [-0.15, -0.1) is 0 Å². The molecule has 162 valence electrons. The highest BCUT2D eigenvalue weighted by Gasteiger charge is 2.37. The topological polar surface area (TPSA) is 88.6 Å². The predicted molar refractivity (Wildman–Crippen MR) is 116 cm³/mol. The maximum atomic E-state index is 12.7. The van der Waals surface area contributed by atoms with Crippen LogP contribution in [0.1, 0.15) is 32.4 Å². The van der Waals surface area contributed by atoms with Crippen LogP contribution in [0.25, 0.3) is 11.3 Å². The fraction of sp³-hybridized carbons (Fsp3) is 0.455. The van der Waals surface area contributed by atoms with E-state index in [1.54, 1.807) is 18.7 Å². The third kappa shape index (κ3) is 6.03. The van der Waals surface area contributed by atoms with Gasteiger partial charge in [0.05, 0.1) is 24.1 Å². The summed E-state index contributed by atoms with van der Waals surface area (Å²) in [4.78, 5) is 19.1. The summed E-state index contributed by atoms with van der Waals surface area (Å²) in [6, 6.07) is 14.9. The maximum Gasteiger partial charge on any atom is 0.410 e. The van der Waals surface area contributed by atoms with Gasteiger partial charge in [-0.2, -0.15) is 0 Å². The van der Waals surface area contributed by atoms with Crippen molar-refractivity contribution >= 4 is 16.1 Å². The van der Waals surface area contributed by atoms with E-state index in [0.717, 1.165) is 23.2 Å². The molecule has 30 heavy (non-hydrogen) atoms. The van der Waals surface area contributed by atoms with Gasteiger partial charge in [0.25, 0.3) is 0 Å². The molecule has 2 aromatic rings. The van der Waals surface area contributed by atoms with E-state index in [1.165, 1.54) is 0 Å². The van der Waals surface area contributed by atoms with Gasteiger partial charge >= 0.3 is 6.09 Å². The first-order chi connectivity index (χ1) is 14.2. The Morgan fingerprint density at radius 1 is 1.20 bits per heavy atom. The first kappa shape index (κ1) is 22.2. The highest BCUT2D eigenvalue weighted by Crippen LogP contribution is 2.24. The van der Waals surface area contributed by atoms with Crippen LogP contribution in [0.3, 0.4) is 0 Å². The molecule has 1 aromatic heterocycles. The summed E-state index contributed by atoms with van der Waals surface area (Å²) in [6.07, 6.45) is 2.26. The van der Waals surface area contributed by atoms with Crippen molar-refractivity contribution in [2.75, 3.05) is 12.8 Å². The average Bonchev–Trinajstić information content (AvgIpc) is 2.68. The lowest BCUT2D eigenvalue weighted by atomic mass is 9.93. The van der Waals surface area contributed by atoms with E-state index in [-0.39, 0.29) is 12.1 Å². The van der Waals surface area contributed by atoms with E-state index >= 15 is 0 Å². The summed E-state index contributed by atoms with van der Waals surface area (Å²) < 4.78 is 32.0. The van der Waals surface area contributed by atoms with Crippen molar-refractivity contribution in [1.29, 1.82) is 0 Å². The van der Waals surface area contributed by atoms with Gasteiger partial charge in [-0.3, -0.25) is 4.98 Å². The zero-order valence-corrected chi connectivity index (χ0v) is 18.4. The van der Waals surface area contributed by atoms with Gasteiger partial charge < -0.3 is 9.64 Å². The minimum atomic E-state index is -3.42. The van der Waals surface area contributed by atoms with Crippen molar-refractivity contribution in [2.24, 2.45) is 0 Å². The Morgan fingerprint density at radius 3 is 2.60 bits per heavy atom. The molecule has 0 aliphatic carbocycles. The molecule has 0 spiro atoms. The summed E-state index contributed by atoms with van der Waals surface area (Å²) >= 11 is 0. The molecule has 0 saturated carbocycles. The number of piperidine rings is 1. The van der Waals surface area contributed by atoms with Crippen LogP contribution in [0, 0.1) is 0 Å². The number of hydrogen-bond donors (Lipinski definition) is 1. The number of likely N-dealkylation sites (tertiary alicyclic amines) is 1. The zero-order chi connectivity index (χ0) is 21.7. The molecule has 1 saturated heterocycles. The molecule has 1 fully saturated rings. The number of rotatable bonds is 6. The van der Waals surface area contributed by atoms with Gasteiger partial charge in [0.2, 0.25) is 10.0 Å². The molecule has 0 bridgehead atoms.